The van der Waals surface area contributed by atoms with Crippen molar-refractivity contribution in [3.8, 4) is 0 Å². The summed E-state index contributed by atoms with van der Waals surface area (Å²) in [5, 5.41) is 3.01. The van der Waals surface area contributed by atoms with E-state index >= 15 is 0 Å². The predicted molar refractivity (Wildman–Crippen MR) is 116 cm³/mol. The van der Waals surface area contributed by atoms with Gasteiger partial charge in [0.05, 0.1) is 18.0 Å². The van der Waals surface area contributed by atoms with E-state index in [4.69, 9.17) is 4.74 Å². The summed E-state index contributed by atoms with van der Waals surface area (Å²) in [5.41, 5.74) is 1.93. The third kappa shape index (κ3) is 6.17. The third-order valence-corrected chi connectivity index (χ3v) is 7.20. The van der Waals surface area contributed by atoms with E-state index in [1.165, 1.54) is 0 Å². The maximum Gasteiger partial charge on any atom is 0.227 e. The Morgan fingerprint density at radius 2 is 1.66 bits per heavy atom. The standard InChI is InChI=1S/C21H33N3O4S/c1-4-29(26,27)23-19-7-5-17(6-8-19)21(25)22-18-9-11-20(12-10-18)24-13-15(2)28-16(3)14-24/h9-12,15-17,19,23H,4-8,13-14H2,1-3H3,(H,22,25)/t15-,16+,17?,19?. The van der Waals surface area contributed by atoms with Gasteiger partial charge in [0.1, 0.15) is 0 Å². The molecule has 1 saturated carbocycles. The number of sulfonamides is 1. The first-order chi connectivity index (χ1) is 13.8. The van der Waals surface area contributed by atoms with Crippen LogP contribution < -0.4 is 14.9 Å². The molecule has 0 aromatic heterocycles. The number of anilines is 2. The van der Waals surface area contributed by atoms with Gasteiger partial charge in [-0.05, 0) is 70.7 Å². The predicted octanol–water partition coefficient (Wildman–Crippen LogP) is 2.74. The number of nitrogens with one attached hydrogen (secondary N) is 2. The molecule has 2 fully saturated rings. The molecule has 1 aliphatic heterocycles. The summed E-state index contributed by atoms with van der Waals surface area (Å²) >= 11 is 0. The van der Waals surface area contributed by atoms with Gasteiger partial charge < -0.3 is 15.0 Å². The van der Waals surface area contributed by atoms with Crippen molar-refractivity contribution in [3.63, 3.8) is 0 Å². The quantitative estimate of drug-likeness (QED) is 0.735. The molecule has 29 heavy (non-hydrogen) atoms. The van der Waals surface area contributed by atoms with Crippen molar-refractivity contribution in [2.24, 2.45) is 5.92 Å². The number of rotatable bonds is 6. The second-order valence-corrected chi connectivity index (χ2v) is 10.3. The summed E-state index contributed by atoms with van der Waals surface area (Å²) in [6.07, 6.45) is 3.20. The van der Waals surface area contributed by atoms with Crippen LogP contribution in [0.4, 0.5) is 11.4 Å². The maximum absolute atomic E-state index is 12.6. The fourth-order valence-corrected chi connectivity index (χ4v) is 5.11. The van der Waals surface area contributed by atoms with Gasteiger partial charge in [0.2, 0.25) is 15.9 Å². The van der Waals surface area contributed by atoms with Crippen molar-refractivity contribution in [3.05, 3.63) is 24.3 Å². The Morgan fingerprint density at radius 1 is 1.07 bits per heavy atom. The van der Waals surface area contributed by atoms with Gasteiger partial charge in [-0.25, -0.2) is 13.1 Å². The zero-order chi connectivity index (χ0) is 21.0. The first kappa shape index (κ1) is 22.1. The van der Waals surface area contributed by atoms with Crippen molar-refractivity contribution in [2.45, 2.75) is 64.7 Å². The van der Waals surface area contributed by atoms with Gasteiger partial charge in [-0.2, -0.15) is 0 Å². The molecular weight excluding hydrogens is 390 g/mol. The smallest absolute Gasteiger partial charge is 0.227 e. The van der Waals surface area contributed by atoms with Gasteiger partial charge in [-0.1, -0.05) is 0 Å². The Kier molecular flexibility index (Phi) is 7.19. The normalized spacial score (nSPS) is 28.2. The van der Waals surface area contributed by atoms with Crippen molar-refractivity contribution in [2.75, 3.05) is 29.1 Å². The van der Waals surface area contributed by atoms with Crippen LogP contribution in [-0.2, 0) is 19.6 Å². The van der Waals surface area contributed by atoms with Gasteiger partial charge in [-0.15, -0.1) is 0 Å². The molecule has 1 heterocycles. The minimum absolute atomic E-state index is 0.0168. The number of amides is 1. The lowest BCUT2D eigenvalue weighted by Crippen LogP contribution is -2.45. The molecule has 2 N–H and O–H groups in total. The molecule has 3 rings (SSSR count). The lowest BCUT2D eigenvalue weighted by atomic mass is 9.86. The lowest BCUT2D eigenvalue weighted by molar-refractivity contribution is -0.120. The monoisotopic (exact) mass is 423 g/mol. The Labute approximate surface area is 174 Å². The van der Waals surface area contributed by atoms with Crippen LogP contribution >= 0.6 is 0 Å². The second-order valence-electron chi connectivity index (χ2n) is 8.27. The molecule has 2 atom stereocenters. The molecule has 0 radical (unpaired) electrons. The maximum atomic E-state index is 12.6. The highest BCUT2D eigenvalue weighted by molar-refractivity contribution is 7.89. The molecule has 1 aromatic rings. The van der Waals surface area contributed by atoms with Crippen LogP contribution in [0.3, 0.4) is 0 Å². The Morgan fingerprint density at radius 3 is 2.21 bits per heavy atom. The van der Waals surface area contributed by atoms with Crippen molar-refractivity contribution >= 4 is 27.3 Å². The highest BCUT2D eigenvalue weighted by Gasteiger charge is 2.28. The van der Waals surface area contributed by atoms with Crippen LogP contribution in [0, 0.1) is 5.92 Å². The highest BCUT2D eigenvalue weighted by Crippen LogP contribution is 2.27. The van der Waals surface area contributed by atoms with E-state index < -0.39 is 10.0 Å². The molecule has 1 aromatic carbocycles. The number of ether oxygens (including phenoxy) is 1. The first-order valence-corrected chi connectivity index (χ1v) is 12.2. The molecule has 0 unspecified atom stereocenters. The zero-order valence-corrected chi connectivity index (χ0v) is 18.4. The van der Waals surface area contributed by atoms with Gasteiger partial charge in [-0.3, -0.25) is 4.79 Å². The van der Waals surface area contributed by atoms with E-state index in [2.05, 4.69) is 28.8 Å². The number of benzene rings is 1. The van der Waals surface area contributed by atoms with E-state index in [9.17, 15) is 13.2 Å². The molecule has 0 spiro atoms. The minimum Gasteiger partial charge on any atom is -0.372 e. The summed E-state index contributed by atoms with van der Waals surface area (Å²) < 4.78 is 31.9. The number of morpholine rings is 1. The van der Waals surface area contributed by atoms with Gasteiger partial charge in [0, 0.05) is 36.4 Å². The largest absolute Gasteiger partial charge is 0.372 e. The number of carbonyl (C=O) groups excluding carboxylic acids is 1. The molecular formula is C21H33N3O4S. The summed E-state index contributed by atoms with van der Waals surface area (Å²) in [6.45, 7) is 7.52. The first-order valence-electron chi connectivity index (χ1n) is 10.6. The zero-order valence-electron chi connectivity index (χ0n) is 17.6. The molecule has 2 aliphatic rings. The topological polar surface area (TPSA) is 87.7 Å². The van der Waals surface area contributed by atoms with Gasteiger partial charge in [0.25, 0.3) is 0 Å². The van der Waals surface area contributed by atoms with Crippen LogP contribution in [0.1, 0.15) is 46.5 Å². The summed E-state index contributed by atoms with van der Waals surface area (Å²) in [4.78, 5) is 14.9. The molecule has 0 bridgehead atoms. The van der Waals surface area contributed by atoms with Gasteiger partial charge >= 0.3 is 0 Å². The van der Waals surface area contributed by atoms with E-state index in [0.29, 0.717) is 25.7 Å². The average Bonchev–Trinajstić information content (AvgIpc) is 2.68. The number of carbonyl (C=O) groups is 1. The SMILES string of the molecule is CCS(=O)(=O)NC1CCC(C(=O)Nc2ccc(N3C[C@@H](C)O[C@@H](C)C3)cc2)CC1. The second kappa shape index (κ2) is 9.45. The van der Waals surface area contributed by atoms with Crippen molar-refractivity contribution in [1.82, 2.24) is 4.72 Å². The van der Waals surface area contributed by atoms with E-state index in [-0.39, 0.29) is 35.8 Å². The fraction of sp³-hybridized carbons (Fsp3) is 0.667. The third-order valence-electron chi connectivity index (χ3n) is 5.74. The van der Waals surface area contributed by atoms with Crippen LogP contribution in [0.15, 0.2) is 24.3 Å². The Balaban J connectivity index is 1.50. The Hall–Kier alpha value is -1.64. The average molecular weight is 424 g/mol. The number of hydrogen-bond acceptors (Lipinski definition) is 5. The molecule has 1 aliphatic carbocycles. The summed E-state index contributed by atoms with van der Waals surface area (Å²) in [7, 11) is -3.19. The highest BCUT2D eigenvalue weighted by atomic mass is 32.2. The minimum atomic E-state index is -3.19. The molecule has 1 amide bonds. The van der Waals surface area contributed by atoms with E-state index in [1.807, 2.05) is 24.3 Å². The fourth-order valence-electron chi connectivity index (χ4n) is 4.20. The molecule has 7 nitrogen and oxygen atoms in total. The van der Waals surface area contributed by atoms with Crippen LogP contribution in [0.25, 0.3) is 0 Å². The van der Waals surface area contributed by atoms with Crippen LogP contribution in [0.2, 0.25) is 0 Å². The van der Waals surface area contributed by atoms with E-state index in [1.54, 1.807) is 6.92 Å². The summed E-state index contributed by atoms with van der Waals surface area (Å²) in [6, 6.07) is 7.91. The summed E-state index contributed by atoms with van der Waals surface area (Å²) in [5.74, 6) is 0.0345. The van der Waals surface area contributed by atoms with Gasteiger partial charge in [0.15, 0.2) is 0 Å². The van der Waals surface area contributed by atoms with Crippen molar-refractivity contribution in [1.29, 1.82) is 0 Å². The number of nitrogens with zero attached hydrogens (tertiary/aromatic N) is 1. The lowest BCUT2D eigenvalue weighted by Gasteiger charge is -2.36. The van der Waals surface area contributed by atoms with Crippen molar-refractivity contribution < 1.29 is 17.9 Å². The van der Waals surface area contributed by atoms with E-state index in [0.717, 1.165) is 24.5 Å². The molecule has 8 heteroatoms. The van der Waals surface area contributed by atoms with Crippen LogP contribution in [0.5, 0.6) is 0 Å². The number of hydrogen-bond donors (Lipinski definition) is 2. The molecule has 1 saturated heterocycles. The van der Waals surface area contributed by atoms with Crippen LogP contribution in [-0.4, -0.2) is 51.4 Å². The Bertz CT molecular complexity index is 779. The molecule has 162 valence electrons.